The molecule has 0 heterocycles. The van der Waals surface area contributed by atoms with E-state index in [0.29, 0.717) is 0 Å². The van der Waals surface area contributed by atoms with Crippen molar-refractivity contribution in [2.45, 2.75) is 62.6 Å². The van der Waals surface area contributed by atoms with Gasteiger partial charge < -0.3 is 19.5 Å². The molecule has 0 fully saturated rings. The Morgan fingerprint density at radius 2 is 0.630 bits per heavy atom. The van der Waals surface area contributed by atoms with E-state index in [1.807, 2.05) is 109 Å². The van der Waals surface area contributed by atoms with Crippen molar-refractivity contribution >= 4 is 22.7 Å². The van der Waals surface area contributed by atoms with Crippen LogP contribution in [-0.2, 0) is 20.1 Å². The molecule has 0 aliphatic heterocycles. The molecule has 0 spiro atoms. The Bertz CT molecular complexity index is 1820. The van der Waals surface area contributed by atoms with Crippen molar-refractivity contribution in [1.82, 2.24) is 10.6 Å². The van der Waals surface area contributed by atoms with Crippen LogP contribution in [0.5, 0.6) is 0 Å². The molecule has 0 unspecified atom stereocenters. The number of benzene rings is 6. The molecule has 6 rings (SSSR count). The predicted molar refractivity (Wildman–Crippen MR) is 226 cm³/mol. The number of carbonyl (C=O) groups is 1. The number of nitrogens with one attached hydrogen (secondary N) is 2. The Morgan fingerprint density at radius 3 is 0.852 bits per heavy atom. The van der Waals surface area contributed by atoms with Crippen LogP contribution in [-0.4, -0.2) is 22.7 Å². The lowest BCUT2D eigenvalue weighted by Gasteiger charge is -2.47. The number of hydrogen-bond donors (Lipinski definition) is 2. The Labute approximate surface area is 323 Å². The lowest BCUT2D eigenvalue weighted by atomic mass is 9.76. The quantitative estimate of drug-likeness (QED) is 0.109. The number of urea groups is 1. The first-order valence-electron chi connectivity index (χ1n) is 18.7. The largest absolute Gasteiger partial charge is 0.402 e. The van der Waals surface area contributed by atoms with Gasteiger partial charge in [-0.2, -0.15) is 0 Å². The van der Waals surface area contributed by atoms with Crippen LogP contribution in [0.25, 0.3) is 0 Å². The molecule has 0 aliphatic rings. The molecule has 5 nitrogen and oxygen atoms in total. The van der Waals surface area contributed by atoms with Crippen LogP contribution < -0.4 is 10.6 Å². The van der Waals surface area contributed by atoms with E-state index >= 15 is 4.79 Å². The lowest BCUT2D eigenvalue weighted by molar-refractivity contribution is 0.0503. The van der Waals surface area contributed by atoms with E-state index < -0.39 is 39.9 Å². The summed E-state index contributed by atoms with van der Waals surface area (Å²) in [4.78, 5) is 15.2. The van der Waals surface area contributed by atoms with Crippen molar-refractivity contribution in [1.29, 1.82) is 0 Å². The highest BCUT2D eigenvalue weighted by molar-refractivity contribution is 6.70. The maximum absolute atomic E-state index is 15.2. The van der Waals surface area contributed by atoms with Gasteiger partial charge in [0.2, 0.25) is 0 Å². The van der Waals surface area contributed by atoms with Gasteiger partial charge in [-0.3, -0.25) is 0 Å². The third-order valence-electron chi connectivity index (χ3n) is 9.37. The summed E-state index contributed by atoms with van der Waals surface area (Å²) < 4.78 is 14.9. The van der Waals surface area contributed by atoms with Crippen molar-refractivity contribution in [2.75, 3.05) is 0 Å². The van der Waals surface area contributed by atoms with E-state index in [-0.39, 0.29) is 6.03 Å². The van der Waals surface area contributed by atoms with E-state index in [1.54, 1.807) is 0 Å². The zero-order valence-electron chi connectivity index (χ0n) is 32.2. The average Bonchev–Trinajstić information content (AvgIpc) is 3.19. The fourth-order valence-corrected chi connectivity index (χ4v) is 10.1. The van der Waals surface area contributed by atoms with Crippen LogP contribution in [0.1, 0.15) is 45.5 Å². The van der Waals surface area contributed by atoms with Crippen LogP contribution >= 0.6 is 0 Å². The second kappa shape index (κ2) is 16.5. The third kappa shape index (κ3) is 8.66. The predicted octanol–water partition coefficient (Wildman–Crippen LogP) is 11.4. The SMILES string of the molecule is C[Si](C)(C)OC(c1ccccc1)(c1ccccc1)[C@@H](NC(=O)N[C@@H](c1ccccc1)C(O[Si](C)(C)C)(c1ccccc1)c1ccccc1)c1ccccc1. The molecule has 0 saturated carbocycles. The van der Waals surface area contributed by atoms with Crippen molar-refractivity contribution in [3.8, 4) is 0 Å². The maximum atomic E-state index is 15.2. The highest BCUT2D eigenvalue weighted by Crippen LogP contribution is 2.48. The highest BCUT2D eigenvalue weighted by Gasteiger charge is 2.50. The molecular formula is C47H52N2O3Si2. The number of rotatable bonds is 14. The molecule has 0 bridgehead atoms. The summed E-state index contributed by atoms with van der Waals surface area (Å²) in [5.74, 6) is 0. The summed E-state index contributed by atoms with van der Waals surface area (Å²) in [7, 11) is -4.64. The molecule has 0 aromatic heterocycles. The summed E-state index contributed by atoms with van der Waals surface area (Å²) in [5, 5.41) is 7.07. The minimum absolute atomic E-state index is 0.344. The third-order valence-corrected chi connectivity index (χ3v) is 11.2. The van der Waals surface area contributed by atoms with Crippen LogP contribution in [0.2, 0.25) is 39.3 Å². The van der Waals surface area contributed by atoms with Crippen LogP contribution in [0, 0.1) is 0 Å². The van der Waals surface area contributed by atoms with Crippen molar-refractivity contribution in [3.05, 3.63) is 215 Å². The molecule has 276 valence electrons. The zero-order valence-corrected chi connectivity index (χ0v) is 34.2. The van der Waals surface area contributed by atoms with Crippen LogP contribution in [0.15, 0.2) is 182 Å². The maximum Gasteiger partial charge on any atom is 0.316 e. The first-order valence-corrected chi connectivity index (χ1v) is 25.5. The number of carbonyl (C=O) groups excluding carboxylic acids is 1. The molecule has 0 aliphatic carbocycles. The summed E-state index contributed by atoms with van der Waals surface area (Å²) >= 11 is 0. The van der Waals surface area contributed by atoms with Crippen LogP contribution in [0.3, 0.4) is 0 Å². The molecule has 7 heteroatoms. The molecule has 2 atom stereocenters. The van der Waals surface area contributed by atoms with Gasteiger partial charge in [-0.15, -0.1) is 0 Å². The van der Waals surface area contributed by atoms with Gasteiger partial charge in [0, 0.05) is 0 Å². The number of hydrogen-bond acceptors (Lipinski definition) is 3. The van der Waals surface area contributed by atoms with Gasteiger partial charge in [-0.1, -0.05) is 182 Å². The fraction of sp³-hybridized carbons (Fsp3) is 0.213. The first kappa shape index (κ1) is 38.7. The van der Waals surface area contributed by atoms with Gasteiger partial charge in [-0.25, -0.2) is 4.79 Å². The molecular weight excluding hydrogens is 697 g/mol. The molecule has 2 amide bonds. The van der Waals surface area contributed by atoms with E-state index in [2.05, 4.69) is 123 Å². The van der Waals surface area contributed by atoms with Gasteiger partial charge >= 0.3 is 6.03 Å². The Hall–Kier alpha value is -5.06. The fourth-order valence-electron chi connectivity index (χ4n) is 7.50. The van der Waals surface area contributed by atoms with Gasteiger partial charge in [0.1, 0.15) is 11.2 Å². The standard InChI is InChI=1S/C47H52N2O3Si2/c1-53(2,3)51-46(39-29-17-9-18-30-39,40-31-19-10-20-32-40)43(37-25-13-7-14-26-37)48-45(50)49-44(38-27-15-8-16-28-38)47(52-54(4,5)6,41-33-21-11-22-34-41)42-35-23-12-24-36-42/h7-36,43-44H,1-6H3,(H2,48,49,50)/t43-,44-/m0/s1. The topological polar surface area (TPSA) is 59.6 Å². The summed E-state index contributed by atoms with van der Waals surface area (Å²) in [6, 6.07) is 59.9. The number of amides is 2. The second-order valence-corrected chi connectivity index (χ2v) is 24.5. The van der Waals surface area contributed by atoms with E-state index in [1.165, 1.54) is 0 Å². The highest BCUT2D eigenvalue weighted by atomic mass is 28.4. The Balaban J connectivity index is 1.57. The minimum Gasteiger partial charge on any atom is -0.402 e. The summed E-state index contributed by atoms with van der Waals surface area (Å²) in [5.41, 5.74) is 3.53. The molecule has 0 saturated heterocycles. The van der Waals surface area contributed by atoms with E-state index in [4.69, 9.17) is 8.85 Å². The Kier molecular flexibility index (Phi) is 11.8. The van der Waals surface area contributed by atoms with Gasteiger partial charge in [-0.05, 0) is 72.7 Å². The van der Waals surface area contributed by atoms with E-state index in [0.717, 1.165) is 33.4 Å². The Morgan fingerprint density at radius 1 is 0.407 bits per heavy atom. The zero-order chi connectivity index (χ0) is 38.2. The minimum atomic E-state index is -2.32. The van der Waals surface area contributed by atoms with Crippen molar-refractivity contribution < 1.29 is 13.6 Å². The molecule has 6 aromatic carbocycles. The van der Waals surface area contributed by atoms with Gasteiger partial charge in [0.15, 0.2) is 16.6 Å². The normalized spacial score (nSPS) is 13.4. The monoisotopic (exact) mass is 748 g/mol. The second-order valence-electron chi connectivity index (χ2n) is 15.7. The molecule has 2 N–H and O–H groups in total. The first-order chi connectivity index (χ1) is 25.9. The van der Waals surface area contributed by atoms with Crippen LogP contribution in [0.4, 0.5) is 4.79 Å². The summed E-state index contributed by atoms with van der Waals surface area (Å²) in [6.07, 6.45) is 0. The lowest BCUT2D eigenvalue weighted by Crippen LogP contribution is -2.56. The van der Waals surface area contributed by atoms with Gasteiger partial charge in [0.25, 0.3) is 0 Å². The summed E-state index contributed by atoms with van der Waals surface area (Å²) in [6.45, 7) is 13.2. The van der Waals surface area contributed by atoms with Crippen molar-refractivity contribution in [2.24, 2.45) is 0 Å². The molecule has 6 aromatic rings. The van der Waals surface area contributed by atoms with Crippen molar-refractivity contribution in [3.63, 3.8) is 0 Å². The average molecular weight is 749 g/mol. The van der Waals surface area contributed by atoms with Gasteiger partial charge in [0.05, 0.1) is 12.1 Å². The smallest absolute Gasteiger partial charge is 0.316 e. The van der Waals surface area contributed by atoms with E-state index in [9.17, 15) is 0 Å². The molecule has 54 heavy (non-hydrogen) atoms. The molecule has 0 radical (unpaired) electrons.